The molecule has 124 valence electrons. The normalized spacial score (nSPS) is 12.5. The summed E-state index contributed by atoms with van der Waals surface area (Å²) in [5.74, 6) is 0. The highest BCUT2D eigenvalue weighted by Gasteiger charge is 2.21. The summed E-state index contributed by atoms with van der Waals surface area (Å²) in [5.41, 5.74) is 2.08. The van der Waals surface area contributed by atoms with Crippen LogP contribution >= 0.6 is 11.6 Å². The fourth-order valence-electron chi connectivity index (χ4n) is 2.35. The van der Waals surface area contributed by atoms with Crippen LogP contribution in [0.15, 0.2) is 58.6 Å². The number of aromatic nitrogens is 2. The van der Waals surface area contributed by atoms with Crippen molar-refractivity contribution in [3.05, 3.63) is 59.2 Å². The number of nitrogens with zero attached hydrogens (tertiary/aromatic N) is 2. The minimum atomic E-state index is -3.71. The van der Waals surface area contributed by atoms with Crippen molar-refractivity contribution in [2.45, 2.75) is 36.1 Å². The molecule has 3 aromatic rings. The van der Waals surface area contributed by atoms with Gasteiger partial charge in [-0.3, -0.25) is 4.98 Å². The number of fused-ring (bicyclic) bond motifs is 1. The number of benzene rings is 2. The van der Waals surface area contributed by atoms with E-state index < -0.39 is 9.84 Å². The molecule has 0 saturated heterocycles. The van der Waals surface area contributed by atoms with Crippen molar-refractivity contribution in [2.24, 2.45) is 0 Å². The fourth-order valence-corrected chi connectivity index (χ4v) is 3.66. The van der Waals surface area contributed by atoms with Gasteiger partial charge in [0.15, 0.2) is 5.03 Å². The highest BCUT2D eigenvalue weighted by Crippen LogP contribution is 2.26. The van der Waals surface area contributed by atoms with E-state index >= 15 is 0 Å². The monoisotopic (exact) mass is 360 g/mol. The van der Waals surface area contributed by atoms with Crippen molar-refractivity contribution in [3.63, 3.8) is 0 Å². The van der Waals surface area contributed by atoms with Gasteiger partial charge in [-0.2, -0.15) is 0 Å². The van der Waals surface area contributed by atoms with Crippen LogP contribution in [0.2, 0.25) is 5.02 Å². The molecule has 0 bridgehead atoms. The highest BCUT2D eigenvalue weighted by atomic mass is 35.5. The van der Waals surface area contributed by atoms with Crippen LogP contribution in [-0.2, 0) is 15.3 Å². The molecule has 0 aliphatic heterocycles. The zero-order valence-corrected chi connectivity index (χ0v) is 15.2. The lowest BCUT2D eigenvalue weighted by Gasteiger charge is -2.19. The molecule has 2 aromatic carbocycles. The lowest BCUT2D eigenvalue weighted by molar-refractivity contribution is 0.585. The maximum atomic E-state index is 12.8. The van der Waals surface area contributed by atoms with Gasteiger partial charge >= 0.3 is 0 Å². The molecule has 3 rings (SSSR count). The molecule has 0 amide bonds. The lowest BCUT2D eigenvalue weighted by Crippen LogP contribution is -2.11. The SMILES string of the molecule is CC(C)(C)c1ccc(S(=O)(=O)c2cnc3cc(Cl)ccc3n2)cc1. The Bertz CT molecular complexity index is 1010. The van der Waals surface area contributed by atoms with Gasteiger partial charge < -0.3 is 0 Å². The van der Waals surface area contributed by atoms with Gasteiger partial charge in [0.1, 0.15) is 0 Å². The molecule has 0 spiro atoms. The van der Waals surface area contributed by atoms with Crippen molar-refractivity contribution in [3.8, 4) is 0 Å². The molecule has 1 aromatic heterocycles. The molecule has 0 atom stereocenters. The van der Waals surface area contributed by atoms with E-state index in [1.165, 1.54) is 6.20 Å². The zero-order valence-electron chi connectivity index (χ0n) is 13.6. The average molecular weight is 361 g/mol. The lowest BCUT2D eigenvalue weighted by atomic mass is 9.87. The third-order valence-corrected chi connectivity index (χ3v) is 5.66. The molecule has 0 saturated carbocycles. The van der Waals surface area contributed by atoms with Crippen molar-refractivity contribution in [1.29, 1.82) is 0 Å². The average Bonchev–Trinajstić information content (AvgIpc) is 2.53. The summed E-state index contributed by atoms with van der Waals surface area (Å²) < 4.78 is 25.6. The van der Waals surface area contributed by atoms with E-state index in [1.807, 2.05) is 12.1 Å². The molecular formula is C18H17ClN2O2S. The summed E-state index contributed by atoms with van der Waals surface area (Å²) in [6, 6.07) is 11.9. The Morgan fingerprint density at radius 1 is 0.958 bits per heavy atom. The second-order valence-electron chi connectivity index (χ2n) is 6.62. The molecular weight excluding hydrogens is 344 g/mol. The minimum absolute atomic E-state index is 0.0374. The second kappa shape index (κ2) is 5.83. The quantitative estimate of drug-likeness (QED) is 0.679. The van der Waals surface area contributed by atoms with Gasteiger partial charge in [-0.25, -0.2) is 13.4 Å². The number of halogens is 1. The molecule has 24 heavy (non-hydrogen) atoms. The van der Waals surface area contributed by atoms with Gasteiger partial charge in [0.05, 0.1) is 22.1 Å². The molecule has 0 unspecified atom stereocenters. The highest BCUT2D eigenvalue weighted by molar-refractivity contribution is 7.91. The first-order chi connectivity index (χ1) is 11.2. The first-order valence-electron chi connectivity index (χ1n) is 7.46. The first kappa shape index (κ1) is 16.9. The molecule has 0 aliphatic rings. The second-order valence-corrected chi connectivity index (χ2v) is 8.95. The Hall–Kier alpha value is -1.98. The van der Waals surface area contributed by atoms with Gasteiger partial charge in [-0.1, -0.05) is 44.5 Å². The third kappa shape index (κ3) is 3.14. The van der Waals surface area contributed by atoms with E-state index in [0.717, 1.165) is 5.56 Å². The Morgan fingerprint density at radius 2 is 1.62 bits per heavy atom. The largest absolute Gasteiger partial charge is 0.252 e. The van der Waals surface area contributed by atoms with Gasteiger partial charge in [0.2, 0.25) is 9.84 Å². The molecule has 0 fully saturated rings. The smallest absolute Gasteiger partial charge is 0.225 e. The number of hydrogen-bond acceptors (Lipinski definition) is 4. The van der Waals surface area contributed by atoms with Gasteiger partial charge in [-0.05, 0) is 41.3 Å². The van der Waals surface area contributed by atoms with Crippen LogP contribution < -0.4 is 0 Å². The van der Waals surface area contributed by atoms with Gasteiger partial charge in [-0.15, -0.1) is 0 Å². The van der Waals surface area contributed by atoms with Crippen LogP contribution in [0, 0.1) is 0 Å². The minimum Gasteiger partial charge on any atom is -0.252 e. The van der Waals surface area contributed by atoms with E-state index in [2.05, 4.69) is 30.7 Å². The Balaban J connectivity index is 2.05. The van der Waals surface area contributed by atoms with E-state index in [1.54, 1.807) is 30.3 Å². The molecule has 4 nitrogen and oxygen atoms in total. The molecule has 1 heterocycles. The predicted molar refractivity (Wildman–Crippen MR) is 95.1 cm³/mol. The zero-order chi connectivity index (χ0) is 17.5. The topological polar surface area (TPSA) is 59.9 Å². The number of rotatable bonds is 2. The standard InChI is InChI=1S/C18H17ClN2O2S/c1-18(2,3)12-4-7-14(8-5-12)24(22,23)17-11-20-16-10-13(19)6-9-15(16)21-17/h4-11H,1-3H3. The summed E-state index contributed by atoms with van der Waals surface area (Å²) in [6.45, 7) is 6.24. The van der Waals surface area contributed by atoms with Crippen molar-refractivity contribution in [2.75, 3.05) is 0 Å². The van der Waals surface area contributed by atoms with Crippen molar-refractivity contribution in [1.82, 2.24) is 9.97 Å². The van der Waals surface area contributed by atoms with Crippen LogP contribution in [0.3, 0.4) is 0 Å². The number of sulfone groups is 1. The van der Waals surface area contributed by atoms with Crippen molar-refractivity contribution < 1.29 is 8.42 Å². The molecule has 0 N–H and O–H groups in total. The molecule has 6 heteroatoms. The number of hydrogen-bond donors (Lipinski definition) is 0. The molecule has 0 radical (unpaired) electrons. The third-order valence-electron chi connectivity index (χ3n) is 3.79. The van der Waals surface area contributed by atoms with E-state index in [9.17, 15) is 8.42 Å². The summed E-state index contributed by atoms with van der Waals surface area (Å²) >= 11 is 5.91. The van der Waals surface area contributed by atoms with E-state index in [4.69, 9.17) is 11.6 Å². The van der Waals surface area contributed by atoms with Crippen molar-refractivity contribution >= 4 is 32.5 Å². The van der Waals surface area contributed by atoms with Gasteiger partial charge in [0.25, 0.3) is 0 Å². The van der Waals surface area contributed by atoms with Crippen LogP contribution in [-0.4, -0.2) is 18.4 Å². The van der Waals surface area contributed by atoms with E-state index in [-0.39, 0.29) is 15.3 Å². The maximum Gasteiger partial charge on any atom is 0.225 e. The summed E-state index contributed by atoms with van der Waals surface area (Å²) in [4.78, 5) is 8.60. The summed E-state index contributed by atoms with van der Waals surface area (Å²) in [7, 11) is -3.71. The first-order valence-corrected chi connectivity index (χ1v) is 9.32. The van der Waals surface area contributed by atoms with Crippen LogP contribution in [0.4, 0.5) is 0 Å². The van der Waals surface area contributed by atoms with Crippen LogP contribution in [0.5, 0.6) is 0 Å². The summed E-state index contributed by atoms with van der Waals surface area (Å²) in [5, 5.41) is 0.464. The maximum absolute atomic E-state index is 12.8. The summed E-state index contributed by atoms with van der Waals surface area (Å²) in [6.07, 6.45) is 1.27. The van der Waals surface area contributed by atoms with Crippen LogP contribution in [0.25, 0.3) is 11.0 Å². The Kier molecular flexibility index (Phi) is 4.10. The Morgan fingerprint density at radius 3 is 2.25 bits per heavy atom. The Labute approximate surface area is 146 Å². The van der Waals surface area contributed by atoms with Crippen LogP contribution in [0.1, 0.15) is 26.3 Å². The predicted octanol–water partition coefficient (Wildman–Crippen LogP) is 4.41. The van der Waals surface area contributed by atoms with E-state index in [0.29, 0.717) is 16.1 Å². The molecule has 0 aliphatic carbocycles. The fraction of sp³-hybridized carbons (Fsp3) is 0.222. The van der Waals surface area contributed by atoms with Gasteiger partial charge in [0, 0.05) is 5.02 Å².